The van der Waals surface area contributed by atoms with Crippen molar-refractivity contribution >= 4 is 21.1 Å². The molecule has 2 aromatic heterocycles. The minimum atomic E-state index is -3.56. The van der Waals surface area contributed by atoms with Crippen molar-refractivity contribution < 1.29 is 17.9 Å². The Morgan fingerprint density at radius 1 is 1.15 bits per heavy atom. The summed E-state index contributed by atoms with van der Waals surface area (Å²) in [5, 5.41) is 5.52. The van der Waals surface area contributed by atoms with E-state index in [0.29, 0.717) is 24.6 Å². The first-order valence-electron chi connectivity index (χ1n) is 8.21. The average Bonchev–Trinajstić information content (AvgIpc) is 3.18. The van der Waals surface area contributed by atoms with Gasteiger partial charge in [0.05, 0.1) is 10.6 Å². The van der Waals surface area contributed by atoms with E-state index < -0.39 is 10.0 Å². The predicted octanol–water partition coefficient (Wildman–Crippen LogP) is 1.49. The normalized spacial score (nSPS) is 17.6. The summed E-state index contributed by atoms with van der Waals surface area (Å²) in [5.74, 6) is 1.09. The molecule has 9 heteroatoms. The molecule has 0 amide bonds. The maximum absolute atomic E-state index is 12.9. The van der Waals surface area contributed by atoms with E-state index >= 15 is 0 Å². The molecule has 0 N–H and O–H groups in total. The second kappa shape index (κ2) is 5.42. The van der Waals surface area contributed by atoms with Gasteiger partial charge in [0, 0.05) is 43.7 Å². The second-order valence-electron chi connectivity index (χ2n) is 6.42. The van der Waals surface area contributed by atoms with Gasteiger partial charge in [0.2, 0.25) is 16.8 Å². The lowest BCUT2D eigenvalue weighted by atomic mass is 9.97. The number of aromatic nitrogens is 3. The lowest BCUT2D eigenvalue weighted by Gasteiger charge is -2.37. The number of benzene rings is 1. The second-order valence-corrected chi connectivity index (χ2v) is 8.36. The molecule has 1 saturated heterocycles. The van der Waals surface area contributed by atoms with Crippen molar-refractivity contribution in [3.8, 4) is 11.5 Å². The summed E-state index contributed by atoms with van der Waals surface area (Å²) in [7, 11) is -1.72. The molecule has 0 bridgehead atoms. The summed E-state index contributed by atoms with van der Waals surface area (Å²) < 4.78 is 39.4. The molecule has 26 heavy (non-hydrogen) atoms. The number of hydrogen-bond donors (Lipinski definition) is 0. The van der Waals surface area contributed by atoms with Gasteiger partial charge in [0.25, 0.3) is 0 Å². The number of fused-ring (bicyclic) bond motifs is 2. The molecule has 2 aliphatic rings. The molecule has 0 saturated carbocycles. The smallest absolute Gasteiger partial charge is 0.243 e. The lowest BCUT2D eigenvalue weighted by Crippen LogP contribution is -2.48. The molecule has 0 unspecified atom stereocenters. The Balaban J connectivity index is 1.40. The number of ether oxygens (including phenoxy) is 2. The Kier molecular flexibility index (Phi) is 3.25. The molecule has 1 fully saturated rings. The molecular weight excluding hydrogens is 356 g/mol. The van der Waals surface area contributed by atoms with Crippen molar-refractivity contribution in [1.82, 2.24) is 19.1 Å². The van der Waals surface area contributed by atoms with Crippen LogP contribution in [0.15, 0.2) is 41.4 Å². The molecule has 1 aromatic carbocycles. The fourth-order valence-electron chi connectivity index (χ4n) is 3.41. The van der Waals surface area contributed by atoms with Crippen molar-refractivity contribution in [3.63, 3.8) is 0 Å². The first kappa shape index (κ1) is 15.6. The Bertz CT molecular complexity index is 1120. The molecule has 8 nitrogen and oxygen atoms in total. The number of pyridine rings is 1. The Morgan fingerprint density at radius 3 is 2.81 bits per heavy atom. The van der Waals surface area contributed by atoms with Gasteiger partial charge in [-0.2, -0.15) is 9.40 Å². The molecule has 4 heterocycles. The standard InChI is InChI=1S/C17H16N4O4S/c1-20-17-13(3-2-6-18-17)16(19-20)11-8-21(9-11)26(22,23)12-4-5-14-15(7-12)25-10-24-14/h2-7,11H,8-10H2,1H3. The summed E-state index contributed by atoms with van der Waals surface area (Å²) >= 11 is 0. The van der Waals surface area contributed by atoms with Crippen molar-refractivity contribution in [1.29, 1.82) is 0 Å². The minimum Gasteiger partial charge on any atom is -0.454 e. The zero-order valence-electron chi connectivity index (χ0n) is 14.0. The maximum atomic E-state index is 12.9. The molecule has 0 aliphatic carbocycles. The van der Waals surface area contributed by atoms with E-state index in [4.69, 9.17) is 9.47 Å². The van der Waals surface area contributed by atoms with E-state index in [1.54, 1.807) is 23.0 Å². The molecule has 0 spiro atoms. The maximum Gasteiger partial charge on any atom is 0.243 e. The molecule has 0 radical (unpaired) electrons. The number of nitrogens with zero attached hydrogens (tertiary/aromatic N) is 4. The number of aryl methyl sites for hydroxylation is 1. The van der Waals surface area contributed by atoms with Crippen molar-refractivity contribution in [2.24, 2.45) is 7.05 Å². The highest BCUT2D eigenvalue weighted by atomic mass is 32.2. The topological polar surface area (TPSA) is 86.6 Å². The summed E-state index contributed by atoms with van der Waals surface area (Å²) in [5.41, 5.74) is 1.70. The van der Waals surface area contributed by atoms with Crippen LogP contribution in [0.5, 0.6) is 11.5 Å². The minimum absolute atomic E-state index is 0.0617. The Labute approximate surface area is 150 Å². The van der Waals surface area contributed by atoms with E-state index in [1.807, 2.05) is 19.2 Å². The first-order chi connectivity index (χ1) is 12.5. The van der Waals surface area contributed by atoms with E-state index in [1.165, 1.54) is 10.4 Å². The monoisotopic (exact) mass is 372 g/mol. The quantitative estimate of drug-likeness (QED) is 0.692. The highest BCUT2D eigenvalue weighted by Crippen LogP contribution is 2.38. The van der Waals surface area contributed by atoms with Crippen molar-refractivity contribution in [2.45, 2.75) is 10.8 Å². The van der Waals surface area contributed by atoms with Gasteiger partial charge in [0.1, 0.15) is 0 Å². The van der Waals surface area contributed by atoms with Crippen LogP contribution in [0.1, 0.15) is 11.6 Å². The van der Waals surface area contributed by atoms with Crippen LogP contribution in [0.3, 0.4) is 0 Å². The summed E-state index contributed by atoms with van der Waals surface area (Å²) in [6, 6.07) is 8.54. The third-order valence-corrected chi connectivity index (χ3v) is 6.67. The summed E-state index contributed by atoms with van der Waals surface area (Å²) in [6.45, 7) is 0.918. The highest BCUT2D eigenvalue weighted by Gasteiger charge is 2.40. The number of hydrogen-bond acceptors (Lipinski definition) is 6. The SMILES string of the molecule is Cn1nc(C2CN(S(=O)(=O)c3ccc4c(c3)OCO4)C2)c2cccnc21. The van der Waals surface area contributed by atoms with E-state index in [9.17, 15) is 8.42 Å². The van der Waals surface area contributed by atoms with Gasteiger partial charge in [-0.1, -0.05) is 0 Å². The van der Waals surface area contributed by atoms with Crippen molar-refractivity contribution in [2.75, 3.05) is 19.9 Å². The van der Waals surface area contributed by atoms with Gasteiger partial charge in [-0.25, -0.2) is 13.4 Å². The third kappa shape index (κ3) is 2.20. The molecule has 0 atom stereocenters. The summed E-state index contributed by atoms with van der Waals surface area (Å²) in [4.78, 5) is 4.55. The van der Waals surface area contributed by atoms with Crippen LogP contribution in [0.4, 0.5) is 0 Å². The number of rotatable bonds is 3. The largest absolute Gasteiger partial charge is 0.454 e. The highest BCUT2D eigenvalue weighted by molar-refractivity contribution is 7.89. The Hall–Kier alpha value is -2.65. The predicted molar refractivity (Wildman–Crippen MR) is 92.6 cm³/mol. The van der Waals surface area contributed by atoms with Crippen LogP contribution in [0.25, 0.3) is 11.0 Å². The summed E-state index contributed by atoms with van der Waals surface area (Å²) in [6.07, 6.45) is 1.73. The molecule has 134 valence electrons. The van der Waals surface area contributed by atoms with Gasteiger partial charge < -0.3 is 9.47 Å². The van der Waals surface area contributed by atoms with Crippen LogP contribution < -0.4 is 9.47 Å². The van der Waals surface area contributed by atoms with Crippen LogP contribution in [0.2, 0.25) is 0 Å². The molecule has 2 aliphatic heterocycles. The number of sulfonamides is 1. The van der Waals surface area contributed by atoms with Gasteiger partial charge in [0.15, 0.2) is 17.1 Å². The van der Waals surface area contributed by atoms with Crippen LogP contribution in [-0.4, -0.2) is 47.4 Å². The lowest BCUT2D eigenvalue weighted by molar-refractivity contribution is 0.174. The zero-order valence-corrected chi connectivity index (χ0v) is 14.8. The van der Waals surface area contributed by atoms with Gasteiger partial charge >= 0.3 is 0 Å². The van der Waals surface area contributed by atoms with Crippen LogP contribution in [-0.2, 0) is 17.1 Å². The van der Waals surface area contributed by atoms with Gasteiger partial charge in [-0.15, -0.1) is 0 Å². The first-order valence-corrected chi connectivity index (χ1v) is 9.65. The average molecular weight is 372 g/mol. The van der Waals surface area contributed by atoms with Gasteiger partial charge in [-0.3, -0.25) is 4.68 Å². The molecule has 3 aromatic rings. The van der Waals surface area contributed by atoms with Crippen LogP contribution in [0, 0.1) is 0 Å². The molecular formula is C17H16N4O4S. The van der Waals surface area contributed by atoms with E-state index in [2.05, 4.69) is 10.1 Å². The van der Waals surface area contributed by atoms with E-state index in [-0.39, 0.29) is 17.6 Å². The molecule has 5 rings (SSSR count). The van der Waals surface area contributed by atoms with Crippen molar-refractivity contribution in [3.05, 3.63) is 42.2 Å². The zero-order chi connectivity index (χ0) is 17.9. The Morgan fingerprint density at radius 2 is 1.96 bits per heavy atom. The van der Waals surface area contributed by atoms with Gasteiger partial charge in [-0.05, 0) is 24.3 Å². The van der Waals surface area contributed by atoms with Crippen LogP contribution >= 0.6 is 0 Å². The third-order valence-electron chi connectivity index (χ3n) is 4.84. The fraction of sp³-hybridized carbons (Fsp3) is 0.294. The van der Waals surface area contributed by atoms with E-state index in [0.717, 1.165) is 16.7 Å². The fourth-order valence-corrected chi connectivity index (χ4v) is 4.96.